The van der Waals surface area contributed by atoms with Crippen LogP contribution in [0.1, 0.15) is 41.7 Å². The molecule has 0 saturated carbocycles. The molecular weight excluding hydrogens is 403 g/mol. The number of nitrogens with one attached hydrogen (secondary N) is 1. The largest absolute Gasteiger partial charge is 0.573 e. The Morgan fingerprint density at radius 3 is 2.50 bits per heavy atom. The van der Waals surface area contributed by atoms with Crippen LogP contribution in [-0.4, -0.2) is 46.1 Å². The standard InChI is InChI=1S/C19H20F3N5O3/c1-11(28)26-17-9-16(24-10-25-17)12-4-6-27(7-5-12)18(29)14-3-2-13(8-15(14)23)30-19(20,21)22/h2-3,8-10,12H,4-7,23H2,1H3,(H,24,25,26,28). The van der Waals surface area contributed by atoms with Crippen LogP contribution >= 0.6 is 0 Å². The van der Waals surface area contributed by atoms with Gasteiger partial charge in [0.2, 0.25) is 5.91 Å². The lowest BCUT2D eigenvalue weighted by atomic mass is 9.92. The average Bonchev–Trinajstić information content (AvgIpc) is 2.66. The molecule has 2 amide bonds. The number of rotatable bonds is 4. The van der Waals surface area contributed by atoms with Gasteiger partial charge in [0, 0.05) is 49.4 Å². The van der Waals surface area contributed by atoms with Crippen LogP contribution in [0.4, 0.5) is 24.7 Å². The van der Waals surface area contributed by atoms with E-state index in [0.717, 1.165) is 17.8 Å². The first-order chi connectivity index (χ1) is 14.1. The predicted octanol–water partition coefficient (Wildman–Crippen LogP) is 2.94. The summed E-state index contributed by atoms with van der Waals surface area (Å²) in [5.74, 6) is -0.561. The van der Waals surface area contributed by atoms with Crippen molar-refractivity contribution in [2.75, 3.05) is 24.1 Å². The van der Waals surface area contributed by atoms with Gasteiger partial charge in [-0.3, -0.25) is 9.59 Å². The molecule has 1 aliphatic heterocycles. The minimum Gasteiger partial charge on any atom is -0.406 e. The summed E-state index contributed by atoms with van der Waals surface area (Å²) in [5.41, 5.74) is 6.59. The van der Waals surface area contributed by atoms with Crippen molar-refractivity contribution >= 4 is 23.3 Å². The molecule has 1 aromatic carbocycles. The average molecular weight is 423 g/mol. The van der Waals surface area contributed by atoms with Crippen molar-refractivity contribution in [3.63, 3.8) is 0 Å². The molecule has 0 atom stereocenters. The van der Waals surface area contributed by atoms with Gasteiger partial charge in [-0.25, -0.2) is 9.97 Å². The summed E-state index contributed by atoms with van der Waals surface area (Å²) >= 11 is 0. The van der Waals surface area contributed by atoms with E-state index in [2.05, 4.69) is 20.0 Å². The quantitative estimate of drug-likeness (QED) is 0.732. The van der Waals surface area contributed by atoms with Gasteiger partial charge in [-0.1, -0.05) is 0 Å². The lowest BCUT2D eigenvalue weighted by Crippen LogP contribution is -2.38. The third kappa shape index (κ3) is 5.37. The third-order valence-corrected chi connectivity index (χ3v) is 4.68. The van der Waals surface area contributed by atoms with E-state index < -0.39 is 12.1 Å². The van der Waals surface area contributed by atoms with Gasteiger partial charge in [0.15, 0.2) is 0 Å². The highest BCUT2D eigenvalue weighted by atomic mass is 19.4. The van der Waals surface area contributed by atoms with E-state index in [1.54, 1.807) is 11.0 Å². The molecule has 11 heteroatoms. The molecule has 1 aromatic heterocycles. The van der Waals surface area contributed by atoms with Crippen LogP contribution in [0, 0.1) is 0 Å². The minimum absolute atomic E-state index is 0.0837. The number of benzene rings is 1. The number of nitrogens with zero attached hydrogens (tertiary/aromatic N) is 3. The summed E-state index contributed by atoms with van der Waals surface area (Å²) in [6, 6.07) is 4.99. The number of hydrogen-bond acceptors (Lipinski definition) is 6. The van der Waals surface area contributed by atoms with Crippen LogP contribution < -0.4 is 15.8 Å². The smallest absolute Gasteiger partial charge is 0.406 e. The summed E-state index contributed by atoms with van der Waals surface area (Å²) in [4.78, 5) is 33.8. The van der Waals surface area contributed by atoms with Crippen LogP contribution in [0.2, 0.25) is 0 Å². The normalized spacial score (nSPS) is 15.0. The van der Waals surface area contributed by atoms with E-state index in [0.29, 0.717) is 31.7 Å². The Kier molecular flexibility index (Phi) is 6.09. The number of hydrogen-bond donors (Lipinski definition) is 2. The van der Waals surface area contributed by atoms with Gasteiger partial charge in [-0.15, -0.1) is 13.2 Å². The molecule has 0 bridgehead atoms. The zero-order chi connectivity index (χ0) is 21.9. The number of halogens is 3. The SMILES string of the molecule is CC(=O)Nc1cc(C2CCN(C(=O)c3ccc(OC(F)(F)F)cc3N)CC2)ncn1. The van der Waals surface area contributed by atoms with Crippen LogP contribution in [0.15, 0.2) is 30.6 Å². The Labute approximate surface area is 170 Å². The van der Waals surface area contributed by atoms with Gasteiger partial charge < -0.3 is 20.7 Å². The van der Waals surface area contributed by atoms with Gasteiger partial charge in [0.05, 0.1) is 5.56 Å². The Morgan fingerprint density at radius 2 is 1.90 bits per heavy atom. The summed E-state index contributed by atoms with van der Waals surface area (Å²) < 4.78 is 40.8. The molecule has 1 saturated heterocycles. The second kappa shape index (κ2) is 8.56. The number of amides is 2. The highest BCUT2D eigenvalue weighted by molar-refractivity contribution is 5.99. The summed E-state index contributed by atoms with van der Waals surface area (Å²) in [7, 11) is 0. The van der Waals surface area contributed by atoms with Crippen LogP contribution in [0.3, 0.4) is 0 Å². The zero-order valence-corrected chi connectivity index (χ0v) is 16.1. The maximum atomic E-state index is 12.7. The number of anilines is 2. The number of carbonyl (C=O) groups excluding carboxylic acids is 2. The van der Waals surface area contributed by atoms with Crippen LogP contribution in [0.25, 0.3) is 0 Å². The van der Waals surface area contributed by atoms with Crippen molar-refractivity contribution in [2.24, 2.45) is 0 Å². The van der Waals surface area contributed by atoms with Gasteiger partial charge in [-0.2, -0.15) is 0 Å². The Bertz CT molecular complexity index is 943. The monoisotopic (exact) mass is 423 g/mol. The molecule has 2 aromatic rings. The molecule has 0 spiro atoms. The number of likely N-dealkylation sites (tertiary alicyclic amines) is 1. The lowest BCUT2D eigenvalue weighted by Gasteiger charge is -2.32. The number of nitrogen functional groups attached to an aromatic ring is 1. The van der Waals surface area contributed by atoms with Crippen molar-refractivity contribution < 1.29 is 27.5 Å². The first kappa shape index (κ1) is 21.3. The van der Waals surface area contributed by atoms with Crippen molar-refractivity contribution in [3.8, 4) is 5.75 Å². The maximum absolute atomic E-state index is 12.7. The molecule has 0 aliphatic carbocycles. The first-order valence-corrected chi connectivity index (χ1v) is 9.16. The van der Waals surface area contributed by atoms with E-state index in [-0.39, 0.29) is 29.0 Å². The molecule has 8 nitrogen and oxygen atoms in total. The summed E-state index contributed by atoms with van der Waals surface area (Å²) in [6.45, 7) is 2.26. The minimum atomic E-state index is -4.83. The number of piperidine rings is 1. The Balaban J connectivity index is 1.64. The number of nitrogens with two attached hydrogens (primary N) is 1. The second-order valence-electron chi connectivity index (χ2n) is 6.87. The van der Waals surface area contributed by atoms with Gasteiger partial charge >= 0.3 is 6.36 Å². The fourth-order valence-electron chi connectivity index (χ4n) is 3.33. The van der Waals surface area contributed by atoms with Gasteiger partial charge in [0.25, 0.3) is 5.91 Å². The summed E-state index contributed by atoms with van der Waals surface area (Å²) in [5, 5.41) is 2.61. The fourth-order valence-corrected chi connectivity index (χ4v) is 3.33. The van der Waals surface area contributed by atoms with Crippen molar-refractivity contribution in [1.82, 2.24) is 14.9 Å². The van der Waals surface area contributed by atoms with E-state index in [1.807, 2.05) is 0 Å². The molecule has 3 N–H and O–H groups in total. The third-order valence-electron chi connectivity index (χ3n) is 4.68. The number of aromatic nitrogens is 2. The van der Waals surface area contributed by atoms with Crippen molar-refractivity contribution in [2.45, 2.75) is 32.0 Å². The highest BCUT2D eigenvalue weighted by Gasteiger charge is 2.32. The highest BCUT2D eigenvalue weighted by Crippen LogP contribution is 2.30. The Morgan fingerprint density at radius 1 is 1.20 bits per heavy atom. The molecule has 160 valence electrons. The number of alkyl halides is 3. The van der Waals surface area contributed by atoms with E-state index in [1.165, 1.54) is 19.3 Å². The Hall–Kier alpha value is -3.37. The van der Waals surface area contributed by atoms with Gasteiger partial charge in [-0.05, 0) is 25.0 Å². The fraction of sp³-hybridized carbons (Fsp3) is 0.368. The first-order valence-electron chi connectivity index (χ1n) is 9.16. The van der Waals surface area contributed by atoms with E-state index in [9.17, 15) is 22.8 Å². The van der Waals surface area contributed by atoms with Crippen LogP contribution in [-0.2, 0) is 4.79 Å². The van der Waals surface area contributed by atoms with Crippen LogP contribution in [0.5, 0.6) is 5.75 Å². The molecule has 1 fully saturated rings. The summed E-state index contributed by atoms with van der Waals surface area (Å²) in [6.07, 6.45) is -2.18. The van der Waals surface area contributed by atoms with E-state index in [4.69, 9.17) is 5.73 Å². The molecule has 3 rings (SSSR count). The molecule has 0 radical (unpaired) electrons. The maximum Gasteiger partial charge on any atom is 0.573 e. The van der Waals surface area contributed by atoms with Crippen molar-refractivity contribution in [3.05, 3.63) is 41.9 Å². The van der Waals surface area contributed by atoms with Crippen molar-refractivity contribution in [1.29, 1.82) is 0 Å². The lowest BCUT2D eigenvalue weighted by molar-refractivity contribution is -0.274. The second-order valence-corrected chi connectivity index (χ2v) is 6.87. The molecule has 2 heterocycles. The molecule has 30 heavy (non-hydrogen) atoms. The molecular formula is C19H20F3N5O3. The molecule has 1 aliphatic rings. The topological polar surface area (TPSA) is 110 Å². The zero-order valence-electron chi connectivity index (χ0n) is 16.1. The number of ether oxygens (including phenoxy) is 1. The predicted molar refractivity (Wildman–Crippen MR) is 102 cm³/mol. The van der Waals surface area contributed by atoms with Gasteiger partial charge in [0.1, 0.15) is 17.9 Å². The number of carbonyl (C=O) groups is 2. The molecule has 0 unspecified atom stereocenters. The van der Waals surface area contributed by atoms with E-state index >= 15 is 0 Å².